The van der Waals surface area contributed by atoms with E-state index in [9.17, 15) is 26.3 Å². The Balaban J connectivity index is 0.000000289. The van der Waals surface area contributed by atoms with Crippen LogP contribution in [-0.4, -0.2) is 66.3 Å². The maximum absolute atomic E-state index is 10.6. The Morgan fingerprint density at radius 3 is 1.95 bits per heavy atom. The molecule has 0 bridgehead atoms. The number of nitrogens with zero attached hydrogens (tertiary/aromatic N) is 4. The molecule has 3 heterocycles. The van der Waals surface area contributed by atoms with Gasteiger partial charge in [0.15, 0.2) is 29.3 Å². The van der Waals surface area contributed by atoms with Crippen molar-refractivity contribution in [1.29, 1.82) is 0 Å². The molecule has 12 nitrogen and oxygen atoms in total. The van der Waals surface area contributed by atoms with Gasteiger partial charge in [0.2, 0.25) is 5.95 Å². The lowest BCUT2D eigenvalue weighted by atomic mass is 10.1. The van der Waals surface area contributed by atoms with E-state index in [2.05, 4.69) is 25.1 Å². The number of anilines is 1. The number of hydrogen-bond acceptors (Lipinski definition) is 9. The predicted octanol–water partition coefficient (Wildman–Crippen LogP) is 4.29. The minimum atomic E-state index is -5.08. The molecule has 0 amide bonds. The van der Waals surface area contributed by atoms with Crippen LogP contribution in [0.15, 0.2) is 60.8 Å². The molecule has 1 aliphatic heterocycles. The summed E-state index contributed by atoms with van der Waals surface area (Å²) in [5.41, 5.74) is 8.24. The number of H-pyrrole nitrogens is 1. The largest absolute Gasteiger partial charge is 0.490 e. The van der Waals surface area contributed by atoms with Crippen LogP contribution in [0.2, 0.25) is 0 Å². The third kappa shape index (κ3) is 8.54. The summed E-state index contributed by atoms with van der Waals surface area (Å²) in [6.07, 6.45) is -8.86. The monoisotopic (exact) mass is 600 g/mol. The van der Waals surface area contributed by atoms with Crippen molar-refractivity contribution < 1.29 is 55.6 Å². The van der Waals surface area contributed by atoms with Crippen molar-refractivity contribution in [3.05, 3.63) is 66.6 Å². The van der Waals surface area contributed by atoms with Crippen LogP contribution >= 0.6 is 0 Å². The van der Waals surface area contributed by atoms with E-state index in [4.69, 9.17) is 35.0 Å². The summed E-state index contributed by atoms with van der Waals surface area (Å²) in [5.74, 6) is -2.62. The van der Waals surface area contributed by atoms with Crippen molar-refractivity contribution in [3.63, 3.8) is 0 Å². The molecular weight excluding hydrogens is 582 g/mol. The molecule has 5 N–H and O–H groups in total. The van der Waals surface area contributed by atoms with Crippen LogP contribution in [0.4, 0.5) is 32.3 Å². The molecular formula is C24H18F6N6O6. The first-order valence-corrected chi connectivity index (χ1v) is 11.3. The van der Waals surface area contributed by atoms with E-state index in [-0.39, 0.29) is 12.1 Å². The number of nitrogens with one attached hydrogen (secondary N) is 1. The van der Waals surface area contributed by atoms with Crippen molar-refractivity contribution in [3.8, 4) is 34.1 Å². The number of aliphatic carboxylic acids is 2. The molecule has 1 atom stereocenters. The normalized spacial score (nSPS) is 14.0. The van der Waals surface area contributed by atoms with Gasteiger partial charge in [-0.3, -0.25) is 5.10 Å². The standard InChI is InChI=1S/C20H16N6O2.2C2HF3O2/c21-20-22-10-9-14(23-20)12-5-7-13(8-6-12)18-24-19(26-25-18)17-11-27-15-3-1-2-4-16(15)28-17;2*3-2(4,5)1(6)7/h1-10,17H,11H2,(H2,21,22,23)(H,24,25,26);2*(H,6,7). The smallest absolute Gasteiger partial charge is 0.485 e. The SMILES string of the molecule is Nc1nccc(-c2ccc(-c3n[nH]c(C4COc5ccccc5O4)n3)cc2)n1.O=C(O)C(F)(F)F.O=C(O)C(F)(F)F. The second-order valence-corrected chi connectivity index (χ2v) is 7.89. The molecule has 2 aromatic carbocycles. The summed E-state index contributed by atoms with van der Waals surface area (Å²) in [6, 6.07) is 17.2. The number of aromatic nitrogens is 5. The third-order valence-corrected chi connectivity index (χ3v) is 4.91. The van der Waals surface area contributed by atoms with Crippen molar-refractivity contribution in [2.75, 3.05) is 12.3 Å². The van der Waals surface area contributed by atoms with Gasteiger partial charge in [0.05, 0.1) is 5.69 Å². The molecule has 0 saturated carbocycles. The third-order valence-electron chi connectivity index (χ3n) is 4.91. The van der Waals surface area contributed by atoms with Gasteiger partial charge >= 0.3 is 24.3 Å². The molecule has 1 aliphatic rings. The van der Waals surface area contributed by atoms with Crippen molar-refractivity contribution in [2.45, 2.75) is 18.5 Å². The fraction of sp³-hybridized carbons (Fsp3) is 0.167. The minimum absolute atomic E-state index is 0.247. The lowest BCUT2D eigenvalue weighted by Crippen LogP contribution is -2.22. The fourth-order valence-corrected chi connectivity index (χ4v) is 3.03. The van der Waals surface area contributed by atoms with E-state index >= 15 is 0 Å². The number of para-hydroxylation sites is 2. The van der Waals surface area contributed by atoms with Crippen LogP contribution in [0.25, 0.3) is 22.6 Å². The molecule has 0 spiro atoms. The molecule has 5 rings (SSSR count). The summed E-state index contributed by atoms with van der Waals surface area (Å²) in [4.78, 5) is 30.5. The molecule has 222 valence electrons. The Morgan fingerprint density at radius 2 is 1.40 bits per heavy atom. The Hall–Kier alpha value is -5.42. The summed E-state index contributed by atoms with van der Waals surface area (Å²) in [6.45, 7) is 0.375. The van der Waals surface area contributed by atoms with Gasteiger partial charge in [0.25, 0.3) is 0 Å². The fourth-order valence-electron chi connectivity index (χ4n) is 3.03. The van der Waals surface area contributed by atoms with Gasteiger partial charge < -0.3 is 25.4 Å². The van der Waals surface area contributed by atoms with Gasteiger partial charge in [0, 0.05) is 17.3 Å². The summed E-state index contributed by atoms with van der Waals surface area (Å²) in [7, 11) is 0. The van der Waals surface area contributed by atoms with Crippen LogP contribution in [0.3, 0.4) is 0 Å². The number of carboxylic acid groups (broad SMARTS) is 2. The van der Waals surface area contributed by atoms with Gasteiger partial charge in [-0.15, -0.1) is 0 Å². The average Bonchev–Trinajstić information content (AvgIpc) is 3.43. The number of benzene rings is 2. The van der Waals surface area contributed by atoms with Crippen molar-refractivity contribution >= 4 is 17.9 Å². The van der Waals surface area contributed by atoms with Crippen LogP contribution in [0.1, 0.15) is 11.9 Å². The number of aromatic amines is 1. The van der Waals surface area contributed by atoms with Gasteiger partial charge in [-0.2, -0.15) is 31.4 Å². The highest BCUT2D eigenvalue weighted by atomic mass is 19.4. The highest BCUT2D eigenvalue weighted by molar-refractivity contribution is 5.73. The van der Waals surface area contributed by atoms with Gasteiger partial charge in [-0.25, -0.2) is 24.5 Å². The van der Waals surface area contributed by atoms with E-state index in [1.54, 1.807) is 6.20 Å². The predicted molar refractivity (Wildman–Crippen MR) is 130 cm³/mol. The van der Waals surface area contributed by atoms with Crippen LogP contribution in [0.5, 0.6) is 11.5 Å². The molecule has 18 heteroatoms. The number of fused-ring (bicyclic) bond motifs is 1. The van der Waals surface area contributed by atoms with E-state index in [1.807, 2.05) is 54.6 Å². The maximum atomic E-state index is 10.6. The van der Waals surface area contributed by atoms with Gasteiger partial charge in [0.1, 0.15) is 6.61 Å². The first kappa shape index (κ1) is 31.1. The molecule has 4 aromatic rings. The Kier molecular flexibility index (Phi) is 9.51. The van der Waals surface area contributed by atoms with Crippen LogP contribution < -0.4 is 15.2 Å². The second-order valence-electron chi connectivity index (χ2n) is 7.89. The Labute approximate surface area is 230 Å². The zero-order chi connectivity index (χ0) is 31.1. The number of nitrogens with two attached hydrogens (primary N) is 1. The number of ether oxygens (including phenoxy) is 2. The number of nitrogen functional groups attached to an aromatic ring is 1. The van der Waals surface area contributed by atoms with E-state index < -0.39 is 24.3 Å². The topological polar surface area (TPSA) is 186 Å². The number of alkyl halides is 6. The number of carbonyl (C=O) groups is 2. The number of hydrogen-bond donors (Lipinski definition) is 4. The highest BCUT2D eigenvalue weighted by Crippen LogP contribution is 2.35. The van der Waals surface area contributed by atoms with Gasteiger partial charge in [-0.05, 0) is 18.2 Å². The average molecular weight is 600 g/mol. The maximum Gasteiger partial charge on any atom is 0.490 e. The first-order chi connectivity index (χ1) is 19.6. The van der Waals surface area contributed by atoms with Crippen molar-refractivity contribution in [1.82, 2.24) is 25.1 Å². The van der Waals surface area contributed by atoms with E-state index in [0.717, 1.165) is 22.6 Å². The van der Waals surface area contributed by atoms with Crippen LogP contribution in [-0.2, 0) is 9.59 Å². The van der Waals surface area contributed by atoms with Gasteiger partial charge in [-0.1, -0.05) is 36.4 Å². The summed E-state index contributed by atoms with van der Waals surface area (Å²) < 4.78 is 75.2. The molecule has 0 aliphatic carbocycles. The molecule has 0 fully saturated rings. The highest BCUT2D eigenvalue weighted by Gasteiger charge is 2.38. The summed E-state index contributed by atoms with van der Waals surface area (Å²) in [5, 5.41) is 21.5. The zero-order valence-electron chi connectivity index (χ0n) is 20.7. The van der Waals surface area contributed by atoms with E-state index in [0.29, 0.717) is 24.0 Å². The second kappa shape index (κ2) is 12.8. The number of carboxylic acids is 2. The first-order valence-electron chi connectivity index (χ1n) is 11.3. The summed E-state index contributed by atoms with van der Waals surface area (Å²) >= 11 is 0. The quantitative estimate of drug-likeness (QED) is 0.246. The van der Waals surface area contributed by atoms with Crippen molar-refractivity contribution in [2.24, 2.45) is 0 Å². The lowest BCUT2D eigenvalue weighted by Gasteiger charge is -2.24. The molecule has 0 radical (unpaired) electrons. The number of rotatable bonds is 3. The zero-order valence-corrected chi connectivity index (χ0v) is 20.7. The molecule has 0 saturated heterocycles. The Morgan fingerprint density at radius 1 is 0.857 bits per heavy atom. The Bertz CT molecular complexity index is 1500. The van der Waals surface area contributed by atoms with E-state index in [1.165, 1.54) is 0 Å². The molecule has 1 unspecified atom stereocenters. The number of halogens is 6. The van der Waals surface area contributed by atoms with Crippen LogP contribution in [0, 0.1) is 0 Å². The molecule has 2 aromatic heterocycles. The lowest BCUT2D eigenvalue weighted by molar-refractivity contribution is -0.193. The molecule has 42 heavy (non-hydrogen) atoms. The minimum Gasteiger partial charge on any atom is -0.485 e.